The number of thiazole rings is 2. The highest BCUT2D eigenvalue weighted by Crippen LogP contribution is 2.42. The highest BCUT2D eigenvalue weighted by Gasteiger charge is 2.25. The molecule has 1 saturated carbocycles. The van der Waals surface area contributed by atoms with Crippen LogP contribution in [0.5, 0.6) is 0 Å². The summed E-state index contributed by atoms with van der Waals surface area (Å²) in [5.74, 6) is 0.687. The van der Waals surface area contributed by atoms with Crippen molar-refractivity contribution in [3.8, 4) is 10.7 Å². The van der Waals surface area contributed by atoms with E-state index in [0.29, 0.717) is 12.5 Å². The van der Waals surface area contributed by atoms with Crippen LogP contribution in [0, 0.1) is 0 Å². The summed E-state index contributed by atoms with van der Waals surface area (Å²) in [6, 6.07) is 0. The minimum absolute atomic E-state index is 0.537. The van der Waals surface area contributed by atoms with Crippen molar-refractivity contribution in [2.45, 2.75) is 38.1 Å². The molecule has 0 atom stereocenters. The molecule has 0 saturated heterocycles. The second-order valence-electron chi connectivity index (χ2n) is 4.34. The van der Waals surface area contributed by atoms with Gasteiger partial charge < -0.3 is 5.73 Å². The van der Waals surface area contributed by atoms with Gasteiger partial charge in [-0.25, -0.2) is 9.97 Å². The van der Waals surface area contributed by atoms with Gasteiger partial charge in [0.25, 0.3) is 0 Å². The van der Waals surface area contributed by atoms with Crippen LogP contribution in [0.25, 0.3) is 10.7 Å². The fraction of sp³-hybridized carbons (Fsp3) is 0.500. The standard InChI is InChI=1S/C12H15N3S2/c13-7-9-15-10(12-14-5-6-16-12)11(17-9)8-3-1-2-4-8/h5-6,8H,1-4,7,13H2. The first-order valence-corrected chi connectivity index (χ1v) is 7.67. The van der Waals surface area contributed by atoms with Gasteiger partial charge in [-0.05, 0) is 18.8 Å². The molecule has 1 aliphatic rings. The molecule has 1 aliphatic carbocycles. The third-order valence-electron chi connectivity index (χ3n) is 3.23. The Bertz CT molecular complexity index is 484. The molecule has 90 valence electrons. The third kappa shape index (κ3) is 2.14. The van der Waals surface area contributed by atoms with Gasteiger partial charge in [0.15, 0.2) is 0 Å². The Kier molecular flexibility index (Phi) is 3.22. The van der Waals surface area contributed by atoms with Crippen molar-refractivity contribution < 1.29 is 0 Å². The lowest BCUT2D eigenvalue weighted by molar-refractivity contribution is 0.738. The molecule has 0 spiro atoms. The zero-order valence-corrected chi connectivity index (χ0v) is 11.2. The Morgan fingerprint density at radius 3 is 2.82 bits per heavy atom. The van der Waals surface area contributed by atoms with Gasteiger partial charge in [0, 0.05) is 23.0 Å². The lowest BCUT2D eigenvalue weighted by atomic mass is 10.1. The number of hydrogen-bond donors (Lipinski definition) is 1. The van der Waals surface area contributed by atoms with E-state index >= 15 is 0 Å². The molecule has 2 aromatic rings. The molecule has 3 rings (SSSR count). The van der Waals surface area contributed by atoms with Gasteiger partial charge >= 0.3 is 0 Å². The molecular weight excluding hydrogens is 250 g/mol. The predicted octanol–water partition coefficient (Wildman–Crippen LogP) is 3.38. The first kappa shape index (κ1) is 11.3. The van der Waals surface area contributed by atoms with E-state index in [1.54, 1.807) is 22.7 Å². The fourth-order valence-electron chi connectivity index (χ4n) is 2.42. The molecular formula is C12H15N3S2. The molecule has 0 aromatic carbocycles. The average molecular weight is 265 g/mol. The maximum absolute atomic E-state index is 5.72. The lowest BCUT2D eigenvalue weighted by Gasteiger charge is -2.06. The molecule has 17 heavy (non-hydrogen) atoms. The van der Waals surface area contributed by atoms with E-state index in [9.17, 15) is 0 Å². The quantitative estimate of drug-likeness (QED) is 0.925. The summed E-state index contributed by atoms with van der Waals surface area (Å²) in [7, 11) is 0. The van der Waals surface area contributed by atoms with E-state index in [4.69, 9.17) is 5.73 Å². The molecule has 2 N–H and O–H groups in total. The summed E-state index contributed by atoms with van der Waals surface area (Å²) in [4.78, 5) is 10.5. The zero-order valence-electron chi connectivity index (χ0n) is 9.56. The van der Waals surface area contributed by atoms with Crippen LogP contribution < -0.4 is 5.73 Å². The highest BCUT2D eigenvalue weighted by molar-refractivity contribution is 7.14. The van der Waals surface area contributed by atoms with Crippen LogP contribution in [0.2, 0.25) is 0 Å². The van der Waals surface area contributed by atoms with Gasteiger partial charge in [0.05, 0.1) is 0 Å². The molecule has 0 unspecified atom stereocenters. The third-order valence-corrected chi connectivity index (χ3v) is 5.25. The van der Waals surface area contributed by atoms with Gasteiger partial charge in [-0.2, -0.15) is 0 Å². The minimum atomic E-state index is 0.537. The number of nitrogens with two attached hydrogens (primary N) is 1. The molecule has 2 heterocycles. The van der Waals surface area contributed by atoms with Crippen molar-refractivity contribution >= 4 is 22.7 Å². The summed E-state index contributed by atoms with van der Waals surface area (Å²) in [6.07, 6.45) is 7.13. The molecule has 3 nitrogen and oxygen atoms in total. The van der Waals surface area contributed by atoms with Crippen LogP contribution in [0.4, 0.5) is 0 Å². The number of hydrogen-bond acceptors (Lipinski definition) is 5. The number of aromatic nitrogens is 2. The Balaban J connectivity index is 2.03. The molecule has 0 amide bonds. The summed E-state index contributed by atoms with van der Waals surface area (Å²) in [5.41, 5.74) is 6.81. The van der Waals surface area contributed by atoms with Crippen molar-refractivity contribution in [3.63, 3.8) is 0 Å². The van der Waals surface area contributed by atoms with E-state index < -0.39 is 0 Å². The highest BCUT2D eigenvalue weighted by atomic mass is 32.1. The Labute approximate surface area is 109 Å². The zero-order chi connectivity index (χ0) is 11.7. The fourth-order valence-corrected chi connectivity index (χ4v) is 4.24. The SMILES string of the molecule is NCc1nc(-c2nccs2)c(C2CCCC2)s1. The van der Waals surface area contributed by atoms with Crippen LogP contribution in [0.3, 0.4) is 0 Å². The molecule has 5 heteroatoms. The van der Waals surface area contributed by atoms with Crippen molar-refractivity contribution in [3.05, 3.63) is 21.5 Å². The van der Waals surface area contributed by atoms with Crippen LogP contribution in [-0.4, -0.2) is 9.97 Å². The second kappa shape index (κ2) is 4.84. The van der Waals surface area contributed by atoms with E-state index in [1.165, 1.54) is 30.6 Å². The van der Waals surface area contributed by atoms with Crippen molar-refractivity contribution in [2.75, 3.05) is 0 Å². The molecule has 0 bridgehead atoms. The van der Waals surface area contributed by atoms with Crippen molar-refractivity contribution in [1.82, 2.24) is 9.97 Å². The first-order valence-electron chi connectivity index (χ1n) is 5.98. The van der Waals surface area contributed by atoms with E-state index in [0.717, 1.165) is 15.7 Å². The normalized spacial score (nSPS) is 16.8. The average Bonchev–Trinajstić information content (AvgIpc) is 3.09. The Hall–Kier alpha value is -0.780. The number of nitrogens with zero attached hydrogens (tertiary/aromatic N) is 2. The van der Waals surface area contributed by atoms with Crippen LogP contribution >= 0.6 is 22.7 Å². The van der Waals surface area contributed by atoms with Gasteiger partial charge in [-0.15, -0.1) is 22.7 Å². The van der Waals surface area contributed by atoms with Gasteiger partial charge in [0.2, 0.25) is 0 Å². The molecule has 1 fully saturated rings. The molecule has 2 aromatic heterocycles. The summed E-state index contributed by atoms with van der Waals surface area (Å²) < 4.78 is 0. The summed E-state index contributed by atoms with van der Waals surface area (Å²) >= 11 is 3.45. The minimum Gasteiger partial charge on any atom is -0.325 e. The van der Waals surface area contributed by atoms with Crippen LogP contribution in [-0.2, 0) is 6.54 Å². The monoisotopic (exact) mass is 265 g/mol. The largest absolute Gasteiger partial charge is 0.325 e. The molecule has 0 aliphatic heterocycles. The maximum Gasteiger partial charge on any atom is 0.142 e. The second-order valence-corrected chi connectivity index (χ2v) is 6.35. The Morgan fingerprint density at radius 1 is 1.35 bits per heavy atom. The lowest BCUT2D eigenvalue weighted by Crippen LogP contribution is -1.94. The van der Waals surface area contributed by atoms with E-state index in [-0.39, 0.29) is 0 Å². The van der Waals surface area contributed by atoms with Crippen LogP contribution in [0.1, 0.15) is 41.5 Å². The summed E-state index contributed by atoms with van der Waals surface area (Å²) in [6.45, 7) is 0.537. The van der Waals surface area contributed by atoms with Gasteiger partial charge in [0.1, 0.15) is 15.7 Å². The van der Waals surface area contributed by atoms with Crippen molar-refractivity contribution in [1.29, 1.82) is 0 Å². The summed E-state index contributed by atoms with van der Waals surface area (Å²) in [5, 5.41) is 4.09. The first-order chi connectivity index (χ1) is 8.38. The van der Waals surface area contributed by atoms with Crippen LogP contribution in [0.15, 0.2) is 11.6 Å². The maximum atomic E-state index is 5.72. The van der Waals surface area contributed by atoms with Gasteiger partial charge in [-0.1, -0.05) is 12.8 Å². The predicted molar refractivity (Wildman–Crippen MR) is 72.3 cm³/mol. The van der Waals surface area contributed by atoms with E-state index in [2.05, 4.69) is 9.97 Å². The van der Waals surface area contributed by atoms with Gasteiger partial charge in [-0.3, -0.25) is 0 Å². The van der Waals surface area contributed by atoms with E-state index in [1.807, 2.05) is 11.6 Å². The number of rotatable bonds is 3. The molecule has 0 radical (unpaired) electrons. The smallest absolute Gasteiger partial charge is 0.142 e. The van der Waals surface area contributed by atoms with Crippen molar-refractivity contribution in [2.24, 2.45) is 5.73 Å². The Morgan fingerprint density at radius 2 is 2.18 bits per heavy atom. The topological polar surface area (TPSA) is 51.8 Å².